The second-order valence-electron chi connectivity index (χ2n) is 2.23. The van der Waals surface area contributed by atoms with Crippen LogP contribution in [0, 0.1) is 0 Å². The van der Waals surface area contributed by atoms with Crippen molar-refractivity contribution in [2.45, 2.75) is 0 Å². The summed E-state index contributed by atoms with van der Waals surface area (Å²) in [6, 6.07) is 12.6. The summed E-state index contributed by atoms with van der Waals surface area (Å²) in [5.74, 6) is 0. The standard InChI is InChI=1S/C6H5.C3H3N2.Ir/c1-2-4-6-5-3-1;1-2-4-5-3-1;/h1-5H;1-2H,(H,4,5);. The van der Waals surface area contributed by atoms with Gasteiger partial charge in [-0.2, -0.15) is 0 Å². The molecule has 0 unspecified atom stereocenters. The average molecular weight is 336 g/mol. The molecule has 2 nitrogen and oxygen atoms in total. The van der Waals surface area contributed by atoms with Crippen LogP contribution in [0.1, 0.15) is 0 Å². The molecule has 0 saturated heterocycles. The number of rotatable bonds is 2. The van der Waals surface area contributed by atoms with E-state index in [0.717, 1.165) is 0 Å². The first-order valence-corrected chi connectivity index (χ1v) is 6.00. The van der Waals surface area contributed by atoms with Crippen LogP contribution in [0.15, 0.2) is 42.6 Å². The van der Waals surface area contributed by atoms with Crippen LogP contribution in [0.3, 0.4) is 0 Å². The van der Waals surface area contributed by atoms with Crippen molar-refractivity contribution >= 4 is 8.29 Å². The quantitative estimate of drug-likeness (QED) is 0.847. The summed E-state index contributed by atoms with van der Waals surface area (Å²) >= 11 is -0.210. The molecule has 0 spiro atoms. The fourth-order valence-electron chi connectivity index (χ4n) is 0.842. The fraction of sp³-hybridized carbons (Fsp3) is 0. The zero-order valence-corrected chi connectivity index (χ0v) is 8.72. The van der Waals surface area contributed by atoms with Gasteiger partial charge in [-0.3, -0.25) is 0 Å². The summed E-state index contributed by atoms with van der Waals surface area (Å²) in [4.78, 5) is 0. The van der Waals surface area contributed by atoms with Gasteiger partial charge < -0.3 is 0 Å². The Morgan fingerprint density at radius 1 is 1.08 bits per heavy atom. The number of nitrogens with one attached hydrogen (secondary N) is 1. The van der Waals surface area contributed by atoms with Crippen LogP contribution in [0.4, 0.5) is 0 Å². The molecule has 1 aromatic heterocycles. The van der Waals surface area contributed by atoms with Crippen LogP contribution < -0.4 is 8.29 Å². The molecule has 0 radical (unpaired) electrons. The summed E-state index contributed by atoms with van der Waals surface area (Å²) in [5.41, 5.74) is 0. The van der Waals surface area contributed by atoms with Crippen LogP contribution in [0.2, 0.25) is 0 Å². The predicted molar refractivity (Wildman–Crippen MR) is 44.3 cm³/mol. The molecule has 0 aliphatic carbocycles. The molecule has 1 aromatic carbocycles. The number of H-pyrrole nitrogens is 1. The Bertz CT molecular complexity index is 329. The molecule has 0 bridgehead atoms. The number of nitrogens with zero attached hydrogens (tertiary/aromatic N) is 1. The Hall–Kier alpha value is -0.921. The van der Waals surface area contributed by atoms with E-state index < -0.39 is 0 Å². The molecular weight excluding hydrogens is 328 g/mol. The second-order valence-corrected chi connectivity index (χ2v) is 5.44. The molecule has 2 aromatic rings. The first-order valence-electron chi connectivity index (χ1n) is 3.60. The fourth-order valence-corrected chi connectivity index (χ4v) is 3.10. The number of hydrogen-bond donors (Lipinski definition) is 1. The third kappa shape index (κ3) is 1.81. The van der Waals surface area contributed by atoms with Gasteiger partial charge in [0.2, 0.25) is 0 Å². The van der Waals surface area contributed by atoms with Crippen molar-refractivity contribution in [3.63, 3.8) is 0 Å². The summed E-state index contributed by atoms with van der Waals surface area (Å²) in [7, 11) is 0. The van der Waals surface area contributed by atoms with Crippen LogP contribution in [-0.2, 0) is 17.7 Å². The van der Waals surface area contributed by atoms with Gasteiger partial charge in [-0.25, -0.2) is 0 Å². The SMILES string of the molecule is c1cc[c]([Ir][c]2cc[nH]n2)cc1. The maximum atomic E-state index is 4.14. The van der Waals surface area contributed by atoms with Crippen molar-refractivity contribution in [2.75, 3.05) is 0 Å². The van der Waals surface area contributed by atoms with E-state index in [-0.39, 0.29) is 17.7 Å². The third-order valence-corrected chi connectivity index (χ3v) is 4.12. The summed E-state index contributed by atoms with van der Waals surface area (Å²) in [5, 5.41) is 6.97. The van der Waals surface area contributed by atoms with Gasteiger partial charge in [-0.1, -0.05) is 0 Å². The Labute approximate surface area is 79.0 Å². The Balaban J connectivity index is 2.15. The van der Waals surface area contributed by atoms with Crippen molar-refractivity contribution in [2.24, 2.45) is 0 Å². The van der Waals surface area contributed by atoms with Gasteiger partial charge in [0.05, 0.1) is 0 Å². The van der Waals surface area contributed by atoms with Crippen molar-refractivity contribution in [3.8, 4) is 0 Å². The van der Waals surface area contributed by atoms with Gasteiger partial charge >= 0.3 is 78.8 Å². The van der Waals surface area contributed by atoms with Crippen LogP contribution in [-0.4, -0.2) is 10.2 Å². The number of aromatic amines is 1. The molecule has 0 amide bonds. The van der Waals surface area contributed by atoms with E-state index in [0.29, 0.717) is 0 Å². The Morgan fingerprint density at radius 2 is 1.92 bits per heavy atom. The monoisotopic (exact) mass is 337 g/mol. The molecule has 63 valence electrons. The molecule has 12 heavy (non-hydrogen) atoms. The normalized spacial score (nSPS) is 10.3. The molecule has 1 N–H and O–H groups in total. The molecule has 2 rings (SSSR count). The molecule has 1 heterocycles. The Morgan fingerprint density at radius 3 is 2.58 bits per heavy atom. The van der Waals surface area contributed by atoms with E-state index in [1.165, 1.54) is 8.29 Å². The van der Waals surface area contributed by atoms with Crippen molar-refractivity contribution in [3.05, 3.63) is 42.6 Å². The van der Waals surface area contributed by atoms with E-state index in [9.17, 15) is 0 Å². The van der Waals surface area contributed by atoms with E-state index in [2.05, 4.69) is 34.5 Å². The zero-order valence-electron chi connectivity index (χ0n) is 6.32. The third-order valence-electron chi connectivity index (χ3n) is 1.35. The van der Waals surface area contributed by atoms with E-state index >= 15 is 0 Å². The second kappa shape index (κ2) is 3.65. The molecule has 0 atom stereocenters. The summed E-state index contributed by atoms with van der Waals surface area (Å²) in [6.07, 6.45) is 1.88. The number of benzene rings is 1. The maximum absolute atomic E-state index is 4.14. The van der Waals surface area contributed by atoms with Crippen LogP contribution >= 0.6 is 0 Å². The molecule has 0 saturated carbocycles. The minimum atomic E-state index is -0.210. The molecule has 0 fully saturated rings. The van der Waals surface area contributed by atoms with E-state index in [1.54, 1.807) is 0 Å². The van der Waals surface area contributed by atoms with Crippen LogP contribution in [0.5, 0.6) is 0 Å². The first kappa shape index (κ1) is 7.71. The van der Waals surface area contributed by atoms with Gasteiger partial charge in [-0.05, 0) is 0 Å². The van der Waals surface area contributed by atoms with Crippen molar-refractivity contribution in [1.29, 1.82) is 0 Å². The first-order chi connectivity index (χ1) is 5.95. The van der Waals surface area contributed by atoms with Crippen molar-refractivity contribution in [1.82, 2.24) is 10.2 Å². The number of aromatic nitrogens is 2. The topological polar surface area (TPSA) is 28.7 Å². The van der Waals surface area contributed by atoms with Gasteiger partial charge in [0.1, 0.15) is 0 Å². The molecule has 0 aliphatic rings. The zero-order chi connectivity index (χ0) is 8.23. The molecular formula is C9H8IrN2. The van der Waals surface area contributed by atoms with Gasteiger partial charge in [0.25, 0.3) is 0 Å². The Kier molecular flexibility index (Phi) is 2.35. The van der Waals surface area contributed by atoms with E-state index in [1.807, 2.05) is 18.3 Å². The summed E-state index contributed by atoms with van der Waals surface area (Å²) < 4.78 is 2.63. The van der Waals surface area contributed by atoms with Gasteiger partial charge in [0.15, 0.2) is 0 Å². The van der Waals surface area contributed by atoms with Gasteiger partial charge in [-0.15, -0.1) is 0 Å². The molecule has 0 aliphatic heterocycles. The molecule has 3 heteroatoms. The summed E-state index contributed by atoms with van der Waals surface area (Å²) in [6.45, 7) is 0. The predicted octanol–water partition coefficient (Wildman–Crippen LogP) is 0.443. The van der Waals surface area contributed by atoms with Crippen LogP contribution in [0.25, 0.3) is 0 Å². The number of hydrogen-bond acceptors (Lipinski definition) is 1. The average Bonchev–Trinajstić information content (AvgIpc) is 2.59. The minimum absolute atomic E-state index is 0.210. The van der Waals surface area contributed by atoms with Crippen molar-refractivity contribution < 1.29 is 17.7 Å². The van der Waals surface area contributed by atoms with Gasteiger partial charge in [0, 0.05) is 0 Å². The van der Waals surface area contributed by atoms with E-state index in [4.69, 9.17) is 0 Å².